The number of hydrogen-bond acceptors (Lipinski definition) is 2. The van der Waals surface area contributed by atoms with Crippen LogP contribution >= 0.6 is 11.6 Å². The Morgan fingerprint density at radius 1 is 1.14 bits per heavy atom. The van der Waals surface area contributed by atoms with Crippen LogP contribution in [0.15, 0.2) is 23.1 Å². The molecule has 0 atom stereocenters. The molecule has 0 fully saturated rings. The summed E-state index contributed by atoms with van der Waals surface area (Å²) in [4.78, 5) is -0.00953. The molecule has 0 aliphatic carbocycles. The van der Waals surface area contributed by atoms with E-state index in [2.05, 4.69) is 0 Å². The van der Waals surface area contributed by atoms with Crippen molar-refractivity contribution in [1.82, 2.24) is 4.31 Å². The lowest BCUT2D eigenvalue weighted by Crippen LogP contribution is -2.33. The third-order valence-electron chi connectivity index (χ3n) is 3.31. The van der Waals surface area contributed by atoms with Crippen molar-refractivity contribution < 1.29 is 12.8 Å². The maximum absolute atomic E-state index is 13.5. The van der Waals surface area contributed by atoms with Crippen molar-refractivity contribution in [3.63, 3.8) is 0 Å². The fourth-order valence-electron chi connectivity index (χ4n) is 2.04. The first kappa shape index (κ1) is 18.4. The Labute approximate surface area is 132 Å². The summed E-state index contributed by atoms with van der Waals surface area (Å²) >= 11 is 5.80. The van der Waals surface area contributed by atoms with Crippen LogP contribution < -0.4 is 0 Å². The summed E-state index contributed by atoms with van der Waals surface area (Å²) in [6, 6.07) is 3.74. The van der Waals surface area contributed by atoms with Gasteiger partial charge in [0.15, 0.2) is 0 Å². The van der Waals surface area contributed by atoms with Crippen LogP contribution in [0.5, 0.6) is 0 Å². The zero-order valence-corrected chi connectivity index (χ0v) is 14.2. The smallest absolute Gasteiger partial charge is 0.207 e. The van der Waals surface area contributed by atoms with E-state index in [4.69, 9.17) is 11.6 Å². The minimum Gasteiger partial charge on any atom is -0.207 e. The van der Waals surface area contributed by atoms with E-state index in [0.717, 1.165) is 31.7 Å². The van der Waals surface area contributed by atoms with E-state index in [1.54, 1.807) is 0 Å². The van der Waals surface area contributed by atoms with Gasteiger partial charge >= 0.3 is 0 Å². The Balaban J connectivity index is 3.17. The van der Waals surface area contributed by atoms with Crippen molar-refractivity contribution in [2.75, 3.05) is 13.1 Å². The van der Waals surface area contributed by atoms with Gasteiger partial charge < -0.3 is 0 Å². The van der Waals surface area contributed by atoms with Gasteiger partial charge in [-0.1, -0.05) is 32.8 Å². The van der Waals surface area contributed by atoms with Crippen LogP contribution in [0, 0.1) is 5.82 Å². The molecule has 0 bridgehead atoms. The topological polar surface area (TPSA) is 37.4 Å². The lowest BCUT2D eigenvalue weighted by molar-refractivity contribution is 0.394. The van der Waals surface area contributed by atoms with Gasteiger partial charge in [-0.15, -0.1) is 11.6 Å². The molecule has 0 aromatic heterocycles. The Hall–Kier alpha value is -0.650. The number of halogens is 2. The highest BCUT2D eigenvalue weighted by molar-refractivity contribution is 7.89. The monoisotopic (exact) mass is 335 g/mol. The van der Waals surface area contributed by atoms with Crippen molar-refractivity contribution in [2.45, 2.75) is 50.3 Å². The van der Waals surface area contributed by atoms with E-state index in [-0.39, 0.29) is 10.8 Å². The number of hydrogen-bond donors (Lipinski definition) is 0. The Kier molecular flexibility index (Phi) is 7.63. The van der Waals surface area contributed by atoms with Crippen LogP contribution in [0.2, 0.25) is 0 Å². The zero-order valence-electron chi connectivity index (χ0n) is 12.6. The van der Waals surface area contributed by atoms with Gasteiger partial charge in [0.1, 0.15) is 5.82 Å². The number of nitrogens with zero attached hydrogens (tertiary/aromatic N) is 1. The Bertz CT molecular complexity index is 541. The summed E-state index contributed by atoms with van der Waals surface area (Å²) in [5.41, 5.74) is 0.441. The minimum atomic E-state index is -3.70. The molecule has 120 valence electrons. The average molecular weight is 336 g/mol. The molecule has 0 aliphatic heterocycles. The first-order valence-electron chi connectivity index (χ1n) is 7.31. The number of alkyl halides is 1. The third-order valence-corrected chi connectivity index (χ3v) is 5.58. The second-order valence-electron chi connectivity index (χ2n) is 5.00. The van der Waals surface area contributed by atoms with Gasteiger partial charge in [-0.2, -0.15) is 4.31 Å². The molecule has 0 amide bonds. The van der Waals surface area contributed by atoms with Crippen LogP contribution in [0.25, 0.3) is 0 Å². The average Bonchev–Trinajstić information content (AvgIpc) is 2.47. The van der Waals surface area contributed by atoms with E-state index in [0.29, 0.717) is 18.7 Å². The molecule has 21 heavy (non-hydrogen) atoms. The summed E-state index contributed by atoms with van der Waals surface area (Å²) in [7, 11) is -3.70. The van der Waals surface area contributed by atoms with Crippen LogP contribution in [-0.4, -0.2) is 25.8 Å². The molecule has 1 aromatic rings. The van der Waals surface area contributed by atoms with E-state index in [1.165, 1.54) is 16.4 Å². The predicted octanol–water partition coefficient (Wildman–Crippen LogP) is 4.16. The molecule has 1 aromatic carbocycles. The van der Waals surface area contributed by atoms with E-state index >= 15 is 0 Å². The van der Waals surface area contributed by atoms with Crippen LogP contribution in [0.3, 0.4) is 0 Å². The first-order valence-corrected chi connectivity index (χ1v) is 9.29. The normalized spacial score (nSPS) is 12.0. The molecule has 0 saturated heterocycles. The molecule has 0 N–H and O–H groups in total. The Morgan fingerprint density at radius 2 is 1.71 bits per heavy atom. The van der Waals surface area contributed by atoms with E-state index < -0.39 is 15.8 Å². The summed E-state index contributed by atoms with van der Waals surface area (Å²) in [5.74, 6) is -0.516. The highest BCUT2D eigenvalue weighted by Crippen LogP contribution is 2.24. The van der Waals surface area contributed by atoms with Crippen molar-refractivity contribution in [1.29, 1.82) is 0 Å². The minimum absolute atomic E-state index is 0.00953. The largest absolute Gasteiger partial charge is 0.243 e. The SMILES string of the molecule is CCCCN(CCCC)S(=O)(=O)c1cc(F)ccc1CCl. The number of unbranched alkanes of at least 4 members (excludes halogenated alkanes) is 2. The van der Waals surface area contributed by atoms with Crippen molar-refractivity contribution >= 4 is 21.6 Å². The van der Waals surface area contributed by atoms with Crippen molar-refractivity contribution in [3.05, 3.63) is 29.6 Å². The fraction of sp³-hybridized carbons (Fsp3) is 0.600. The lowest BCUT2D eigenvalue weighted by atomic mass is 10.2. The van der Waals surface area contributed by atoms with Crippen molar-refractivity contribution in [3.8, 4) is 0 Å². The second kappa shape index (κ2) is 8.71. The van der Waals surface area contributed by atoms with Gasteiger partial charge in [0.2, 0.25) is 10.0 Å². The summed E-state index contributed by atoms with van der Waals surface area (Å²) < 4.78 is 40.5. The fourth-order valence-corrected chi connectivity index (χ4v) is 4.10. The quantitative estimate of drug-likeness (QED) is 0.635. The van der Waals surface area contributed by atoms with Gasteiger partial charge in [-0.05, 0) is 30.5 Å². The van der Waals surface area contributed by atoms with Gasteiger partial charge in [-0.3, -0.25) is 0 Å². The summed E-state index contributed by atoms with van der Waals surface area (Å²) in [5, 5.41) is 0. The molecule has 3 nitrogen and oxygen atoms in total. The summed E-state index contributed by atoms with van der Waals surface area (Å²) in [6.45, 7) is 4.93. The number of benzene rings is 1. The molecule has 0 radical (unpaired) electrons. The second-order valence-corrected chi connectivity index (χ2v) is 7.17. The van der Waals surface area contributed by atoms with Crippen LogP contribution in [0.1, 0.15) is 45.1 Å². The molecule has 0 heterocycles. The lowest BCUT2D eigenvalue weighted by Gasteiger charge is -2.23. The van der Waals surface area contributed by atoms with Crippen molar-refractivity contribution in [2.24, 2.45) is 0 Å². The molecular formula is C15H23ClFNO2S. The highest BCUT2D eigenvalue weighted by Gasteiger charge is 2.26. The van der Waals surface area contributed by atoms with Gasteiger partial charge in [0.05, 0.1) is 4.90 Å². The van der Waals surface area contributed by atoms with Gasteiger partial charge in [-0.25, -0.2) is 12.8 Å². The van der Waals surface area contributed by atoms with Crippen LogP contribution in [0.4, 0.5) is 4.39 Å². The molecule has 0 spiro atoms. The molecule has 6 heteroatoms. The number of rotatable bonds is 9. The summed E-state index contributed by atoms with van der Waals surface area (Å²) in [6.07, 6.45) is 3.39. The van der Waals surface area contributed by atoms with Gasteiger partial charge in [0, 0.05) is 19.0 Å². The molecular weight excluding hydrogens is 313 g/mol. The zero-order chi connectivity index (χ0) is 15.9. The molecule has 0 aliphatic rings. The first-order chi connectivity index (χ1) is 9.97. The standard InChI is InChI=1S/C15H23ClFNO2S/c1-3-5-9-18(10-6-4-2)21(19,20)15-11-14(17)8-7-13(15)12-16/h7-8,11H,3-6,9-10,12H2,1-2H3. The van der Waals surface area contributed by atoms with E-state index in [9.17, 15) is 12.8 Å². The highest BCUT2D eigenvalue weighted by atomic mass is 35.5. The molecule has 1 rings (SSSR count). The molecule has 0 saturated carbocycles. The maximum atomic E-state index is 13.5. The third kappa shape index (κ3) is 4.94. The van der Waals surface area contributed by atoms with Crippen LogP contribution in [-0.2, 0) is 15.9 Å². The maximum Gasteiger partial charge on any atom is 0.243 e. The van der Waals surface area contributed by atoms with E-state index in [1.807, 2.05) is 13.8 Å². The molecule has 0 unspecified atom stereocenters. The number of sulfonamides is 1. The Morgan fingerprint density at radius 3 is 2.19 bits per heavy atom. The van der Waals surface area contributed by atoms with Gasteiger partial charge in [0.25, 0.3) is 0 Å². The predicted molar refractivity (Wildman–Crippen MR) is 84.5 cm³/mol.